The SMILES string of the molecule is COc1ccc(CC(/C=C/C(C)(C)CO[Si](C)(C)C(C)(C)C)c2ccc(C(F)(F)F)cc2)cc1. The molecule has 0 aliphatic rings. The highest BCUT2D eigenvalue weighted by Crippen LogP contribution is 2.38. The van der Waals surface area contributed by atoms with E-state index in [1.165, 1.54) is 0 Å². The van der Waals surface area contributed by atoms with Gasteiger partial charge >= 0.3 is 6.18 Å². The lowest BCUT2D eigenvalue weighted by molar-refractivity contribution is -0.137. The van der Waals surface area contributed by atoms with Crippen molar-refractivity contribution < 1.29 is 22.3 Å². The summed E-state index contributed by atoms with van der Waals surface area (Å²) in [7, 11) is -0.260. The van der Waals surface area contributed by atoms with Crippen LogP contribution in [0, 0.1) is 5.41 Å². The first-order valence-corrected chi connectivity index (χ1v) is 14.6. The molecule has 0 aliphatic carbocycles. The highest BCUT2D eigenvalue weighted by molar-refractivity contribution is 6.74. The van der Waals surface area contributed by atoms with Crippen LogP contribution in [-0.4, -0.2) is 22.0 Å². The first-order valence-electron chi connectivity index (χ1n) is 11.7. The molecule has 1 unspecified atom stereocenters. The van der Waals surface area contributed by atoms with E-state index in [9.17, 15) is 13.2 Å². The van der Waals surface area contributed by atoms with Gasteiger partial charge in [0.15, 0.2) is 8.32 Å². The Morgan fingerprint density at radius 3 is 1.91 bits per heavy atom. The van der Waals surface area contributed by atoms with Crippen molar-refractivity contribution in [2.45, 2.75) is 71.3 Å². The third kappa shape index (κ3) is 8.02. The molecule has 0 spiro atoms. The topological polar surface area (TPSA) is 18.5 Å². The van der Waals surface area contributed by atoms with Crippen molar-refractivity contribution in [2.75, 3.05) is 13.7 Å². The Labute approximate surface area is 204 Å². The van der Waals surface area contributed by atoms with Gasteiger partial charge in [-0.2, -0.15) is 13.2 Å². The van der Waals surface area contributed by atoms with Crippen molar-refractivity contribution in [1.29, 1.82) is 0 Å². The number of hydrogen-bond acceptors (Lipinski definition) is 2. The number of ether oxygens (including phenoxy) is 1. The van der Waals surface area contributed by atoms with Crippen molar-refractivity contribution in [2.24, 2.45) is 5.41 Å². The predicted molar refractivity (Wildman–Crippen MR) is 137 cm³/mol. The second-order valence-corrected chi connectivity index (χ2v) is 16.0. The Hall–Kier alpha value is -2.05. The minimum absolute atomic E-state index is 0.0668. The number of allylic oxidation sites excluding steroid dienone is 1. The van der Waals surface area contributed by atoms with Crippen molar-refractivity contribution in [3.63, 3.8) is 0 Å². The molecule has 0 heterocycles. The maximum atomic E-state index is 13.1. The summed E-state index contributed by atoms with van der Waals surface area (Å²) in [5.41, 5.74) is 1.10. The molecule has 2 rings (SSSR count). The Balaban J connectivity index is 2.28. The van der Waals surface area contributed by atoms with Gasteiger partial charge in [0.2, 0.25) is 0 Å². The fraction of sp³-hybridized carbons (Fsp3) is 0.500. The maximum absolute atomic E-state index is 13.1. The number of halogens is 3. The summed E-state index contributed by atoms with van der Waals surface area (Å²) in [5.74, 6) is 0.706. The van der Waals surface area contributed by atoms with E-state index in [-0.39, 0.29) is 16.4 Å². The van der Waals surface area contributed by atoms with Gasteiger partial charge in [0.1, 0.15) is 5.75 Å². The van der Waals surface area contributed by atoms with Gasteiger partial charge < -0.3 is 9.16 Å². The number of hydrogen-bond donors (Lipinski definition) is 0. The molecule has 0 saturated carbocycles. The molecule has 0 bridgehead atoms. The lowest BCUT2D eigenvalue weighted by Crippen LogP contribution is -2.42. The second-order valence-electron chi connectivity index (χ2n) is 11.2. The van der Waals surface area contributed by atoms with Crippen LogP contribution in [0.2, 0.25) is 18.1 Å². The van der Waals surface area contributed by atoms with Crippen molar-refractivity contribution in [1.82, 2.24) is 0 Å². The average molecular weight is 493 g/mol. The Kier molecular flexibility index (Phi) is 8.86. The lowest BCUT2D eigenvalue weighted by Gasteiger charge is -2.38. The summed E-state index contributed by atoms with van der Waals surface area (Å²) in [5, 5.41) is 0.129. The van der Waals surface area contributed by atoms with E-state index in [0.29, 0.717) is 13.0 Å². The zero-order valence-corrected chi connectivity index (χ0v) is 22.7. The molecule has 0 saturated heterocycles. The Bertz CT molecular complexity index is 938. The van der Waals surface area contributed by atoms with Gasteiger partial charge in [-0.25, -0.2) is 0 Å². The van der Waals surface area contributed by atoms with Gasteiger partial charge in [0, 0.05) is 17.9 Å². The summed E-state index contributed by atoms with van der Waals surface area (Å²) in [6.45, 7) is 16.0. The first-order chi connectivity index (χ1) is 15.5. The lowest BCUT2D eigenvalue weighted by atomic mass is 9.87. The fourth-order valence-corrected chi connectivity index (χ4v) is 4.41. The van der Waals surface area contributed by atoms with Gasteiger partial charge in [0.05, 0.1) is 12.7 Å². The molecule has 1 atom stereocenters. The van der Waals surface area contributed by atoms with E-state index in [0.717, 1.165) is 29.0 Å². The Morgan fingerprint density at radius 2 is 1.44 bits per heavy atom. The predicted octanol–water partition coefficient (Wildman–Crippen LogP) is 8.64. The van der Waals surface area contributed by atoms with E-state index in [1.54, 1.807) is 19.2 Å². The molecule has 2 aromatic rings. The summed E-state index contributed by atoms with van der Waals surface area (Å²) in [4.78, 5) is 0. The van der Waals surface area contributed by atoms with Gasteiger partial charge in [-0.05, 0) is 59.9 Å². The molecule has 34 heavy (non-hydrogen) atoms. The van der Waals surface area contributed by atoms with Crippen LogP contribution in [0.25, 0.3) is 0 Å². The molecule has 0 aliphatic heterocycles. The minimum Gasteiger partial charge on any atom is -0.497 e. The highest BCUT2D eigenvalue weighted by atomic mass is 28.4. The number of alkyl halides is 3. The molecule has 2 aromatic carbocycles. The summed E-state index contributed by atoms with van der Waals surface area (Å²) in [6.07, 6.45) is 0.585. The van der Waals surface area contributed by atoms with Crippen LogP contribution in [0.1, 0.15) is 57.2 Å². The smallest absolute Gasteiger partial charge is 0.416 e. The zero-order chi connectivity index (χ0) is 25.8. The maximum Gasteiger partial charge on any atom is 0.416 e. The second kappa shape index (κ2) is 10.7. The number of rotatable bonds is 9. The zero-order valence-electron chi connectivity index (χ0n) is 21.7. The molecule has 188 valence electrons. The molecular weight excluding hydrogens is 453 g/mol. The van der Waals surface area contributed by atoms with Crippen LogP contribution < -0.4 is 4.74 Å². The van der Waals surface area contributed by atoms with Crippen molar-refractivity contribution >= 4 is 8.32 Å². The van der Waals surface area contributed by atoms with Crippen LogP contribution in [0.3, 0.4) is 0 Å². The van der Waals surface area contributed by atoms with Gasteiger partial charge in [-0.3, -0.25) is 0 Å². The third-order valence-corrected chi connectivity index (χ3v) is 11.2. The molecule has 0 fully saturated rings. The molecule has 2 nitrogen and oxygen atoms in total. The summed E-state index contributed by atoms with van der Waals surface area (Å²) < 4.78 is 50.9. The molecule has 0 aromatic heterocycles. The molecule has 0 N–H and O–H groups in total. The molecule has 6 heteroatoms. The van der Waals surface area contributed by atoms with Crippen LogP contribution in [0.15, 0.2) is 60.7 Å². The molecular formula is C28H39F3O2Si. The average Bonchev–Trinajstić information content (AvgIpc) is 2.74. The molecule has 0 amide bonds. The van der Waals surface area contributed by atoms with Crippen molar-refractivity contribution in [3.05, 3.63) is 77.4 Å². The van der Waals surface area contributed by atoms with E-state index >= 15 is 0 Å². The van der Waals surface area contributed by atoms with E-state index in [4.69, 9.17) is 9.16 Å². The van der Waals surface area contributed by atoms with E-state index < -0.39 is 20.1 Å². The Morgan fingerprint density at radius 1 is 0.882 bits per heavy atom. The quantitative estimate of drug-likeness (QED) is 0.258. The molecule has 0 radical (unpaired) electrons. The van der Waals surface area contributed by atoms with Gasteiger partial charge in [-0.15, -0.1) is 0 Å². The van der Waals surface area contributed by atoms with Crippen LogP contribution in [0.5, 0.6) is 5.75 Å². The highest BCUT2D eigenvalue weighted by Gasteiger charge is 2.38. The third-order valence-electron chi connectivity index (χ3n) is 6.67. The van der Waals surface area contributed by atoms with Crippen LogP contribution >= 0.6 is 0 Å². The summed E-state index contributed by atoms with van der Waals surface area (Å²) in [6, 6.07) is 13.3. The van der Waals surface area contributed by atoms with E-state index in [2.05, 4.69) is 59.9 Å². The van der Waals surface area contributed by atoms with E-state index in [1.807, 2.05) is 24.3 Å². The fourth-order valence-electron chi connectivity index (χ4n) is 3.24. The number of benzene rings is 2. The largest absolute Gasteiger partial charge is 0.497 e. The van der Waals surface area contributed by atoms with Crippen molar-refractivity contribution in [3.8, 4) is 5.75 Å². The minimum atomic E-state index is -4.34. The normalized spacial score (nSPS) is 14.4. The first kappa shape index (κ1) is 28.2. The van der Waals surface area contributed by atoms with Gasteiger partial charge in [-0.1, -0.05) is 71.0 Å². The van der Waals surface area contributed by atoms with Crippen LogP contribution in [-0.2, 0) is 17.0 Å². The van der Waals surface area contributed by atoms with Gasteiger partial charge in [0.25, 0.3) is 0 Å². The standard InChI is InChI=1S/C28H39F3O2Si/c1-26(2,3)34(7,8)33-20-27(4,5)18-17-23(19-21-9-15-25(32-6)16-10-21)22-11-13-24(14-12-22)28(29,30)31/h9-18,23H,19-20H2,1-8H3/b18-17+. The van der Waals surface area contributed by atoms with Crippen LogP contribution in [0.4, 0.5) is 13.2 Å². The number of methoxy groups -OCH3 is 1. The monoisotopic (exact) mass is 492 g/mol. The summed E-state index contributed by atoms with van der Waals surface area (Å²) >= 11 is 0.